The first-order chi connectivity index (χ1) is 9.54. The van der Waals surface area contributed by atoms with Gasteiger partial charge in [-0.2, -0.15) is 0 Å². The van der Waals surface area contributed by atoms with Gasteiger partial charge in [-0.05, 0) is 25.2 Å². The zero-order chi connectivity index (χ0) is 14.7. The third-order valence-electron chi connectivity index (χ3n) is 4.57. The van der Waals surface area contributed by atoms with Gasteiger partial charge in [-0.25, -0.2) is 9.59 Å². The van der Waals surface area contributed by atoms with Crippen LogP contribution in [-0.2, 0) is 9.53 Å². The van der Waals surface area contributed by atoms with Gasteiger partial charge in [-0.3, -0.25) is 0 Å². The Kier molecular flexibility index (Phi) is 4.86. The Morgan fingerprint density at radius 2 is 2.15 bits per heavy atom. The Morgan fingerprint density at radius 3 is 2.70 bits per heavy atom. The summed E-state index contributed by atoms with van der Waals surface area (Å²) in [6.07, 6.45) is 3.25. The van der Waals surface area contributed by atoms with Crippen LogP contribution in [0.25, 0.3) is 0 Å². The van der Waals surface area contributed by atoms with Crippen LogP contribution in [0.5, 0.6) is 0 Å². The van der Waals surface area contributed by atoms with Crippen LogP contribution in [0.3, 0.4) is 0 Å². The van der Waals surface area contributed by atoms with Gasteiger partial charge in [-0.15, -0.1) is 0 Å². The molecule has 3 unspecified atom stereocenters. The van der Waals surface area contributed by atoms with Crippen molar-refractivity contribution in [3.8, 4) is 0 Å². The lowest BCUT2D eigenvalue weighted by Crippen LogP contribution is -2.55. The molecular weight excluding hydrogens is 260 g/mol. The summed E-state index contributed by atoms with van der Waals surface area (Å²) < 4.78 is 5.30. The number of carbonyl (C=O) groups excluding carboxylic acids is 1. The van der Waals surface area contributed by atoms with Crippen LogP contribution in [0.4, 0.5) is 4.79 Å². The number of likely N-dealkylation sites (tertiary alicyclic amines) is 1. The average molecular weight is 284 g/mol. The number of amides is 2. The van der Waals surface area contributed by atoms with Gasteiger partial charge in [0.2, 0.25) is 0 Å². The van der Waals surface area contributed by atoms with Gasteiger partial charge in [-0.1, -0.05) is 13.3 Å². The highest BCUT2D eigenvalue weighted by atomic mass is 16.5. The number of hydrogen-bond donors (Lipinski definition) is 1. The first-order valence-corrected chi connectivity index (χ1v) is 7.38. The van der Waals surface area contributed by atoms with Crippen LogP contribution in [0.15, 0.2) is 0 Å². The molecule has 3 atom stereocenters. The average Bonchev–Trinajstić information content (AvgIpc) is 2.99. The minimum atomic E-state index is -0.896. The molecule has 2 rings (SSSR count). The van der Waals surface area contributed by atoms with Crippen molar-refractivity contribution in [2.24, 2.45) is 5.92 Å². The monoisotopic (exact) mass is 284 g/mol. The van der Waals surface area contributed by atoms with Gasteiger partial charge in [0.1, 0.15) is 6.04 Å². The largest absolute Gasteiger partial charge is 0.480 e. The van der Waals surface area contributed by atoms with Crippen molar-refractivity contribution in [2.75, 3.05) is 26.8 Å². The Hall–Kier alpha value is -1.30. The first kappa shape index (κ1) is 15.1. The topological polar surface area (TPSA) is 70.1 Å². The second kappa shape index (κ2) is 6.43. The van der Waals surface area contributed by atoms with E-state index in [1.807, 2.05) is 0 Å². The smallest absolute Gasteiger partial charge is 0.326 e. The number of urea groups is 1. The summed E-state index contributed by atoms with van der Waals surface area (Å²) in [5.41, 5.74) is 0. The lowest BCUT2D eigenvalue weighted by Gasteiger charge is -2.40. The number of rotatable bonds is 3. The van der Waals surface area contributed by atoms with Crippen LogP contribution < -0.4 is 0 Å². The molecule has 20 heavy (non-hydrogen) atoms. The minimum Gasteiger partial charge on any atom is -0.480 e. The molecule has 0 bridgehead atoms. The second-order valence-corrected chi connectivity index (χ2v) is 5.76. The maximum atomic E-state index is 12.5. The van der Waals surface area contributed by atoms with Gasteiger partial charge >= 0.3 is 12.0 Å². The van der Waals surface area contributed by atoms with E-state index in [9.17, 15) is 14.7 Å². The molecule has 2 aliphatic rings. The summed E-state index contributed by atoms with van der Waals surface area (Å²) in [7, 11) is 1.74. The van der Waals surface area contributed by atoms with Crippen LogP contribution in [0, 0.1) is 5.92 Å². The molecule has 6 nitrogen and oxygen atoms in total. The van der Waals surface area contributed by atoms with Gasteiger partial charge in [0, 0.05) is 20.2 Å². The van der Waals surface area contributed by atoms with Crippen LogP contribution in [0.2, 0.25) is 0 Å². The molecule has 2 heterocycles. The second-order valence-electron chi connectivity index (χ2n) is 5.76. The number of carbonyl (C=O) groups is 2. The van der Waals surface area contributed by atoms with Crippen LogP contribution in [0.1, 0.15) is 32.6 Å². The van der Waals surface area contributed by atoms with E-state index in [0.29, 0.717) is 32.1 Å². The van der Waals surface area contributed by atoms with Crippen molar-refractivity contribution in [1.82, 2.24) is 9.80 Å². The highest BCUT2D eigenvalue weighted by molar-refractivity contribution is 5.83. The maximum Gasteiger partial charge on any atom is 0.326 e. The number of carboxylic acids is 1. The number of hydrogen-bond acceptors (Lipinski definition) is 3. The van der Waals surface area contributed by atoms with Crippen molar-refractivity contribution >= 4 is 12.0 Å². The van der Waals surface area contributed by atoms with E-state index in [2.05, 4.69) is 6.92 Å². The van der Waals surface area contributed by atoms with E-state index in [1.54, 1.807) is 11.9 Å². The van der Waals surface area contributed by atoms with E-state index in [-0.39, 0.29) is 12.1 Å². The summed E-state index contributed by atoms with van der Waals surface area (Å²) in [4.78, 5) is 27.1. The quantitative estimate of drug-likeness (QED) is 0.850. The van der Waals surface area contributed by atoms with Gasteiger partial charge < -0.3 is 19.6 Å². The molecule has 0 saturated carbocycles. The summed E-state index contributed by atoms with van der Waals surface area (Å²) >= 11 is 0. The highest BCUT2D eigenvalue weighted by Gasteiger charge is 2.38. The van der Waals surface area contributed by atoms with Crippen LogP contribution in [-0.4, -0.2) is 65.8 Å². The third kappa shape index (κ3) is 3.06. The molecule has 0 spiro atoms. The molecule has 0 aromatic rings. The lowest BCUT2D eigenvalue weighted by atomic mass is 9.89. The molecule has 0 radical (unpaired) electrons. The Balaban J connectivity index is 2.04. The van der Waals surface area contributed by atoms with E-state index in [0.717, 1.165) is 19.3 Å². The molecular formula is C14H24N2O4. The number of ether oxygens (including phenoxy) is 1. The predicted molar refractivity (Wildman–Crippen MR) is 73.5 cm³/mol. The number of nitrogens with zero attached hydrogens (tertiary/aromatic N) is 2. The summed E-state index contributed by atoms with van der Waals surface area (Å²) in [6.45, 7) is 3.82. The molecule has 0 aromatic carbocycles. The predicted octanol–water partition coefficient (Wildman–Crippen LogP) is 1.40. The Bertz CT molecular complexity index is 368. The zero-order valence-corrected chi connectivity index (χ0v) is 12.2. The molecule has 2 amide bonds. The normalized spacial score (nSPS) is 30.3. The fourth-order valence-corrected chi connectivity index (χ4v) is 3.06. The van der Waals surface area contributed by atoms with Crippen molar-refractivity contribution in [1.29, 1.82) is 0 Å². The van der Waals surface area contributed by atoms with Gasteiger partial charge in [0.25, 0.3) is 0 Å². The Labute approximate surface area is 119 Å². The van der Waals surface area contributed by atoms with E-state index in [4.69, 9.17) is 4.74 Å². The molecule has 0 aromatic heterocycles. The van der Waals surface area contributed by atoms with E-state index in [1.165, 1.54) is 4.90 Å². The minimum absolute atomic E-state index is 0.0702. The number of carboxylic acid groups (broad SMARTS) is 1. The lowest BCUT2D eigenvalue weighted by molar-refractivity contribution is -0.144. The molecule has 0 aliphatic carbocycles. The molecule has 2 fully saturated rings. The molecule has 1 N–H and O–H groups in total. The van der Waals surface area contributed by atoms with E-state index < -0.39 is 12.0 Å². The standard InChI is InChI=1S/C14H24N2O4/c1-3-10-4-6-16(12(8-10)13(17)18)14(19)15(2)11-5-7-20-9-11/h10-12H,3-9H2,1-2H3,(H,17,18). The third-order valence-corrected chi connectivity index (χ3v) is 4.57. The molecule has 6 heteroatoms. The van der Waals surface area contributed by atoms with Gasteiger partial charge in [0.15, 0.2) is 0 Å². The SMILES string of the molecule is CCC1CCN(C(=O)N(C)C2CCOC2)C(C(=O)O)C1. The Morgan fingerprint density at radius 1 is 1.40 bits per heavy atom. The summed E-state index contributed by atoms with van der Waals surface area (Å²) in [5.74, 6) is -0.493. The summed E-state index contributed by atoms with van der Waals surface area (Å²) in [5, 5.41) is 9.38. The van der Waals surface area contributed by atoms with Crippen LogP contribution >= 0.6 is 0 Å². The molecule has 114 valence electrons. The fourth-order valence-electron chi connectivity index (χ4n) is 3.06. The number of piperidine rings is 1. The van der Waals surface area contributed by atoms with Crippen molar-refractivity contribution < 1.29 is 19.4 Å². The number of aliphatic carboxylic acids is 1. The fraction of sp³-hybridized carbons (Fsp3) is 0.857. The summed E-state index contributed by atoms with van der Waals surface area (Å²) in [6, 6.07) is -0.797. The molecule has 2 aliphatic heterocycles. The zero-order valence-electron chi connectivity index (χ0n) is 12.2. The maximum absolute atomic E-state index is 12.5. The van der Waals surface area contributed by atoms with Gasteiger partial charge in [0.05, 0.1) is 12.6 Å². The number of likely N-dealkylation sites (N-methyl/N-ethyl adjacent to an activating group) is 1. The van der Waals surface area contributed by atoms with Crippen molar-refractivity contribution in [3.63, 3.8) is 0 Å². The van der Waals surface area contributed by atoms with Crippen molar-refractivity contribution in [3.05, 3.63) is 0 Å². The first-order valence-electron chi connectivity index (χ1n) is 7.38. The highest BCUT2D eigenvalue weighted by Crippen LogP contribution is 2.27. The van der Waals surface area contributed by atoms with E-state index >= 15 is 0 Å². The molecule has 2 saturated heterocycles. The van der Waals surface area contributed by atoms with Crippen molar-refractivity contribution in [2.45, 2.75) is 44.7 Å².